The van der Waals surface area contributed by atoms with E-state index in [1.165, 1.54) is 6.07 Å². The van der Waals surface area contributed by atoms with Crippen LogP contribution in [0.3, 0.4) is 0 Å². The molecule has 0 aliphatic carbocycles. The Labute approximate surface area is 73.1 Å². The molecule has 4 heteroatoms. The largest absolute Gasteiger partial charge is 0.504 e. The third-order valence-electron chi connectivity index (χ3n) is 1.46. The molecule has 0 amide bonds. The van der Waals surface area contributed by atoms with Crippen molar-refractivity contribution in [2.45, 2.75) is 5.75 Å². The molecule has 1 rings (SSSR count). The van der Waals surface area contributed by atoms with Crippen molar-refractivity contribution >= 4 is 10.8 Å². The number of phenols is 2. The van der Waals surface area contributed by atoms with E-state index in [9.17, 15) is 9.32 Å². The average Bonchev–Trinajstić information content (AvgIpc) is 1.98. The van der Waals surface area contributed by atoms with E-state index in [0.717, 1.165) is 0 Å². The Bertz CT molecular complexity index is 309. The summed E-state index contributed by atoms with van der Waals surface area (Å²) in [5, 5.41) is 18.3. The van der Waals surface area contributed by atoms with Gasteiger partial charge in [0, 0.05) is 22.6 Å². The lowest BCUT2D eigenvalue weighted by atomic mass is 10.2. The molecular formula is C8H10O3S. The minimum atomic E-state index is -1.01. The van der Waals surface area contributed by atoms with E-state index < -0.39 is 10.8 Å². The average molecular weight is 186 g/mol. The second kappa shape index (κ2) is 3.58. The summed E-state index contributed by atoms with van der Waals surface area (Å²) in [4.78, 5) is 0. The number of benzene rings is 1. The monoisotopic (exact) mass is 186 g/mol. The number of phenolic OH excluding ortho intramolecular Hbond substituents is 2. The third kappa shape index (κ3) is 1.98. The summed E-state index contributed by atoms with van der Waals surface area (Å²) in [6.45, 7) is 0. The van der Waals surface area contributed by atoms with Crippen molar-refractivity contribution in [2.24, 2.45) is 0 Å². The highest BCUT2D eigenvalue weighted by atomic mass is 32.2. The van der Waals surface area contributed by atoms with Gasteiger partial charge in [-0.3, -0.25) is 4.21 Å². The predicted molar refractivity (Wildman–Crippen MR) is 47.5 cm³/mol. The SMILES string of the molecule is CS(=O)Cc1cccc(O)c1O. The second-order valence-electron chi connectivity index (χ2n) is 2.50. The molecule has 0 aromatic heterocycles. The van der Waals surface area contributed by atoms with Crippen molar-refractivity contribution in [3.63, 3.8) is 0 Å². The molecule has 0 radical (unpaired) electrons. The number of para-hydroxylation sites is 1. The van der Waals surface area contributed by atoms with E-state index in [1.807, 2.05) is 0 Å². The molecule has 0 saturated carbocycles. The zero-order chi connectivity index (χ0) is 9.14. The first-order valence-corrected chi connectivity index (χ1v) is 5.14. The van der Waals surface area contributed by atoms with E-state index in [1.54, 1.807) is 18.4 Å². The van der Waals surface area contributed by atoms with Gasteiger partial charge in [0.1, 0.15) is 0 Å². The summed E-state index contributed by atoms with van der Waals surface area (Å²) >= 11 is 0. The van der Waals surface area contributed by atoms with Crippen LogP contribution in [0, 0.1) is 0 Å². The lowest BCUT2D eigenvalue weighted by Crippen LogP contribution is -1.92. The molecule has 1 aromatic rings. The van der Waals surface area contributed by atoms with Gasteiger partial charge in [-0.25, -0.2) is 0 Å². The van der Waals surface area contributed by atoms with Crippen molar-refractivity contribution in [3.8, 4) is 11.5 Å². The number of rotatable bonds is 2. The molecule has 3 nitrogen and oxygen atoms in total. The highest BCUT2D eigenvalue weighted by Crippen LogP contribution is 2.28. The second-order valence-corrected chi connectivity index (χ2v) is 3.94. The Morgan fingerprint density at radius 2 is 2.08 bits per heavy atom. The van der Waals surface area contributed by atoms with Crippen LogP contribution in [0.1, 0.15) is 5.56 Å². The van der Waals surface area contributed by atoms with Gasteiger partial charge in [-0.1, -0.05) is 12.1 Å². The van der Waals surface area contributed by atoms with Crippen molar-refractivity contribution in [3.05, 3.63) is 23.8 Å². The quantitative estimate of drug-likeness (QED) is 0.677. The molecule has 1 unspecified atom stereocenters. The van der Waals surface area contributed by atoms with E-state index in [-0.39, 0.29) is 17.3 Å². The normalized spacial score (nSPS) is 12.8. The van der Waals surface area contributed by atoms with Gasteiger partial charge in [0.15, 0.2) is 11.5 Å². The van der Waals surface area contributed by atoms with Crippen LogP contribution in [-0.4, -0.2) is 20.7 Å². The summed E-state index contributed by atoms with van der Waals surface area (Å²) in [5.74, 6) is -0.0779. The topological polar surface area (TPSA) is 57.5 Å². The van der Waals surface area contributed by atoms with Gasteiger partial charge in [0.2, 0.25) is 0 Å². The molecule has 0 aliphatic rings. The van der Waals surface area contributed by atoms with E-state index >= 15 is 0 Å². The van der Waals surface area contributed by atoms with Crippen molar-refractivity contribution in [1.29, 1.82) is 0 Å². The van der Waals surface area contributed by atoms with Crippen molar-refractivity contribution in [1.82, 2.24) is 0 Å². The fourth-order valence-corrected chi connectivity index (χ4v) is 1.58. The van der Waals surface area contributed by atoms with E-state index in [4.69, 9.17) is 5.11 Å². The highest BCUT2D eigenvalue weighted by molar-refractivity contribution is 7.83. The first kappa shape index (κ1) is 9.06. The first-order valence-electron chi connectivity index (χ1n) is 3.41. The molecule has 0 saturated heterocycles. The summed E-state index contributed by atoms with van der Waals surface area (Å²) in [6.07, 6.45) is 1.55. The van der Waals surface area contributed by atoms with Gasteiger partial charge in [0.25, 0.3) is 0 Å². The van der Waals surface area contributed by atoms with Crippen molar-refractivity contribution < 1.29 is 14.4 Å². The van der Waals surface area contributed by atoms with E-state index in [0.29, 0.717) is 5.56 Å². The van der Waals surface area contributed by atoms with E-state index in [2.05, 4.69) is 0 Å². The Morgan fingerprint density at radius 1 is 1.42 bits per heavy atom. The highest BCUT2D eigenvalue weighted by Gasteiger charge is 2.06. The Balaban J connectivity index is 3.00. The van der Waals surface area contributed by atoms with Crippen LogP contribution in [0.4, 0.5) is 0 Å². The summed E-state index contributed by atoms with van der Waals surface area (Å²) < 4.78 is 10.8. The summed E-state index contributed by atoms with van der Waals surface area (Å²) in [6, 6.07) is 4.63. The molecule has 1 aromatic carbocycles. The maximum atomic E-state index is 10.8. The first-order chi connectivity index (χ1) is 5.61. The maximum absolute atomic E-state index is 10.8. The van der Waals surface area contributed by atoms with Crippen LogP contribution in [-0.2, 0) is 16.6 Å². The van der Waals surface area contributed by atoms with Crippen LogP contribution >= 0.6 is 0 Å². The molecule has 0 aliphatic heterocycles. The Morgan fingerprint density at radius 3 is 2.67 bits per heavy atom. The molecule has 0 fully saturated rings. The van der Waals surface area contributed by atoms with Crippen LogP contribution in [0.25, 0.3) is 0 Å². The lowest BCUT2D eigenvalue weighted by molar-refractivity contribution is 0.400. The fourth-order valence-electron chi connectivity index (χ4n) is 0.913. The predicted octanol–water partition coefficient (Wildman–Crippen LogP) is 0.976. The van der Waals surface area contributed by atoms with Crippen LogP contribution < -0.4 is 0 Å². The fraction of sp³-hybridized carbons (Fsp3) is 0.250. The standard InChI is InChI=1S/C8H10O3S/c1-12(11)5-6-3-2-4-7(9)8(6)10/h2-4,9-10H,5H2,1H3. The summed E-state index contributed by atoms with van der Waals surface area (Å²) in [5.41, 5.74) is 0.510. The molecule has 0 spiro atoms. The van der Waals surface area contributed by atoms with Gasteiger partial charge >= 0.3 is 0 Å². The third-order valence-corrected chi connectivity index (χ3v) is 2.17. The van der Waals surface area contributed by atoms with Crippen LogP contribution in [0.15, 0.2) is 18.2 Å². The molecule has 1 atom stereocenters. The van der Waals surface area contributed by atoms with Gasteiger partial charge in [-0.05, 0) is 6.07 Å². The zero-order valence-electron chi connectivity index (χ0n) is 6.65. The molecule has 2 N–H and O–H groups in total. The molecule has 0 heterocycles. The molecule has 12 heavy (non-hydrogen) atoms. The number of hydrogen-bond acceptors (Lipinski definition) is 3. The van der Waals surface area contributed by atoms with Gasteiger partial charge in [-0.15, -0.1) is 0 Å². The number of hydrogen-bond donors (Lipinski definition) is 2. The molecule has 66 valence electrons. The van der Waals surface area contributed by atoms with Gasteiger partial charge in [-0.2, -0.15) is 0 Å². The lowest BCUT2D eigenvalue weighted by Gasteiger charge is -2.03. The summed E-state index contributed by atoms with van der Waals surface area (Å²) in [7, 11) is -1.01. The zero-order valence-corrected chi connectivity index (χ0v) is 7.47. The van der Waals surface area contributed by atoms with Gasteiger partial charge in [0.05, 0.1) is 5.75 Å². The molecular weight excluding hydrogens is 176 g/mol. The minimum Gasteiger partial charge on any atom is -0.504 e. The smallest absolute Gasteiger partial charge is 0.161 e. The minimum absolute atomic E-state index is 0.169. The molecule has 0 bridgehead atoms. The maximum Gasteiger partial charge on any atom is 0.161 e. The Hall–Kier alpha value is -1.03. The van der Waals surface area contributed by atoms with Crippen molar-refractivity contribution in [2.75, 3.05) is 6.26 Å². The van der Waals surface area contributed by atoms with Crippen LogP contribution in [0.5, 0.6) is 11.5 Å². The van der Waals surface area contributed by atoms with Crippen LogP contribution in [0.2, 0.25) is 0 Å². The Kier molecular flexibility index (Phi) is 2.70. The van der Waals surface area contributed by atoms with Gasteiger partial charge < -0.3 is 10.2 Å². The number of aromatic hydroxyl groups is 2.